The van der Waals surface area contributed by atoms with Gasteiger partial charge in [0.15, 0.2) is 9.84 Å². The molecule has 1 aromatic carbocycles. The number of sulfone groups is 1. The number of anilines is 1. The predicted octanol–water partition coefficient (Wildman–Crippen LogP) is 4.49. The maximum atomic E-state index is 13.1. The van der Waals surface area contributed by atoms with E-state index in [-0.39, 0.29) is 47.8 Å². The van der Waals surface area contributed by atoms with E-state index in [0.717, 1.165) is 41.2 Å². The number of carbonyl (C=O) groups is 1. The van der Waals surface area contributed by atoms with E-state index in [2.05, 4.69) is 29.0 Å². The van der Waals surface area contributed by atoms with Crippen molar-refractivity contribution in [2.24, 2.45) is 0 Å². The van der Waals surface area contributed by atoms with Crippen LogP contribution in [0.2, 0.25) is 0 Å². The van der Waals surface area contributed by atoms with Gasteiger partial charge in [-0.3, -0.25) is 9.78 Å². The van der Waals surface area contributed by atoms with Crippen molar-refractivity contribution in [3.8, 4) is 11.4 Å². The first-order valence-corrected chi connectivity index (χ1v) is 16.0. The number of aromatic nitrogens is 3. The van der Waals surface area contributed by atoms with Crippen molar-refractivity contribution in [2.45, 2.75) is 62.7 Å². The van der Waals surface area contributed by atoms with Crippen LogP contribution in [0.5, 0.6) is 0 Å². The molecule has 0 bridgehead atoms. The van der Waals surface area contributed by atoms with E-state index < -0.39 is 15.1 Å². The van der Waals surface area contributed by atoms with E-state index in [1.54, 1.807) is 25.3 Å². The Balaban J connectivity index is 1.20. The summed E-state index contributed by atoms with van der Waals surface area (Å²) in [4.78, 5) is 29.7. The fourth-order valence-corrected chi connectivity index (χ4v) is 7.16. The quantitative estimate of drug-likeness (QED) is 0.352. The monoisotopic (exact) mass is 601 g/mol. The fraction of sp³-hybridized carbons (Fsp3) is 0.375. The molecule has 0 saturated carbocycles. The number of morpholine rings is 1. The van der Waals surface area contributed by atoms with E-state index in [1.807, 2.05) is 43.3 Å². The van der Waals surface area contributed by atoms with Crippen molar-refractivity contribution in [1.82, 2.24) is 20.3 Å². The molecular formula is C32H35N5O5S. The molecule has 11 heteroatoms. The minimum Gasteiger partial charge on any atom is -0.372 e. The standard InChI is InChI=1S/C32H35N5O5S/c1-19-16-37(17-20(2)42-19)31-7-5-6-27(36-31)28-11-9-24-14-33-25(13-29(24)35-28)15-34-32(38)23-8-10-26-22(4)41-18-21(3)43(39,40)30(26)12-23/h5-14,19-22H,15-18H2,1-4H3,(H,34,38)/t19-,20+,21-,22+/m1/s1. The SMILES string of the molecule is C[C@@H]1CN(c2cccc(-c3ccc4cnc(CNC(=O)c5ccc6c(c5)S(=O)(=O)[C@H](C)CO[C@H]6C)cc4n3)n2)C[C@H](C)O1. The van der Waals surface area contributed by atoms with Crippen LogP contribution in [0.15, 0.2) is 65.7 Å². The fourth-order valence-electron chi connectivity index (χ4n) is 5.61. The number of carbonyl (C=O) groups excluding carboxylic acids is 1. The Morgan fingerprint density at radius 1 is 0.977 bits per heavy atom. The zero-order chi connectivity index (χ0) is 30.3. The van der Waals surface area contributed by atoms with E-state index >= 15 is 0 Å². The van der Waals surface area contributed by atoms with Crippen LogP contribution in [0.25, 0.3) is 22.3 Å². The Morgan fingerprint density at radius 3 is 2.53 bits per heavy atom. The average Bonchev–Trinajstić information content (AvgIpc) is 3.08. The first-order valence-electron chi connectivity index (χ1n) is 14.5. The number of hydrogen-bond acceptors (Lipinski definition) is 9. The van der Waals surface area contributed by atoms with Crippen LogP contribution in [0.1, 0.15) is 55.4 Å². The van der Waals surface area contributed by atoms with E-state index in [1.165, 1.54) is 6.07 Å². The molecule has 5 heterocycles. The third kappa shape index (κ3) is 5.97. The topological polar surface area (TPSA) is 124 Å². The molecule has 1 amide bonds. The highest BCUT2D eigenvalue weighted by molar-refractivity contribution is 7.92. The second-order valence-electron chi connectivity index (χ2n) is 11.4. The highest BCUT2D eigenvalue weighted by atomic mass is 32.2. The van der Waals surface area contributed by atoms with Crippen LogP contribution in [0.4, 0.5) is 5.82 Å². The van der Waals surface area contributed by atoms with Crippen molar-refractivity contribution >= 4 is 32.5 Å². The molecule has 1 saturated heterocycles. The molecule has 224 valence electrons. The lowest BCUT2D eigenvalue weighted by atomic mass is 10.1. The molecule has 3 aromatic heterocycles. The molecule has 0 radical (unpaired) electrons. The first-order chi connectivity index (χ1) is 20.6. The van der Waals surface area contributed by atoms with Gasteiger partial charge in [0, 0.05) is 30.2 Å². The van der Waals surface area contributed by atoms with Crippen molar-refractivity contribution in [3.05, 3.63) is 77.6 Å². The zero-order valence-electron chi connectivity index (χ0n) is 24.6. The van der Waals surface area contributed by atoms with Gasteiger partial charge in [0.05, 0.1) is 64.2 Å². The van der Waals surface area contributed by atoms with Crippen LogP contribution in [0.3, 0.4) is 0 Å². The summed E-state index contributed by atoms with van der Waals surface area (Å²) in [5.41, 5.74) is 3.69. The smallest absolute Gasteiger partial charge is 0.251 e. The van der Waals surface area contributed by atoms with Crippen molar-refractivity contribution in [2.75, 3.05) is 24.6 Å². The summed E-state index contributed by atoms with van der Waals surface area (Å²) < 4.78 is 37.7. The third-order valence-electron chi connectivity index (χ3n) is 7.93. The van der Waals surface area contributed by atoms with Gasteiger partial charge in [-0.05, 0) is 75.7 Å². The average molecular weight is 602 g/mol. The van der Waals surface area contributed by atoms with E-state index in [9.17, 15) is 13.2 Å². The summed E-state index contributed by atoms with van der Waals surface area (Å²) in [6, 6.07) is 16.4. The maximum absolute atomic E-state index is 13.1. The molecule has 0 spiro atoms. The zero-order valence-corrected chi connectivity index (χ0v) is 25.5. The van der Waals surface area contributed by atoms with Gasteiger partial charge < -0.3 is 19.7 Å². The summed E-state index contributed by atoms with van der Waals surface area (Å²) in [5, 5.41) is 3.04. The Morgan fingerprint density at radius 2 is 1.74 bits per heavy atom. The minimum absolute atomic E-state index is 0.108. The summed E-state index contributed by atoms with van der Waals surface area (Å²) >= 11 is 0. The molecule has 0 aliphatic carbocycles. The first kappa shape index (κ1) is 29.2. The number of ether oxygens (including phenoxy) is 2. The second-order valence-corrected chi connectivity index (χ2v) is 13.7. The van der Waals surface area contributed by atoms with Crippen molar-refractivity contribution in [3.63, 3.8) is 0 Å². The highest BCUT2D eigenvalue weighted by Gasteiger charge is 2.33. The Hall–Kier alpha value is -3.93. The van der Waals surface area contributed by atoms with E-state index in [4.69, 9.17) is 19.4 Å². The highest BCUT2D eigenvalue weighted by Crippen LogP contribution is 2.32. The summed E-state index contributed by atoms with van der Waals surface area (Å²) in [6.07, 6.45) is 1.61. The molecular weight excluding hydrogens is 566 g/mol. The lowest BCUT2D eigenvalue weighted by Gasteiger charge is -2.36. The van der Waals surface area contributed by atoms with Crippen molar-refractivity contribution < 1.29 is 22.7 Å². The number of amides is 1. The lowest BCUT2D eigenvalue weighted by Crippen LogP contribution is -2.45. The van der Waals surface area contributed by atoms with Gasteiger partial charge in [-0.15, -0.1) is 0 Å². The summed E-state index contributed by atoms with van der Waals surface area (Å²) in [5.74, 6) is 0.501. The maximum Gasteiger partial charge on any atom is 0.251 e. The number of rotatable bonds is 5. The number of fused-ring (bicyclic) bond motifs is 2. The number of pyridine rings is 3. The molecule has 10 nitrogen and oxygen atoms in total. The van der Waals surface area contributed by atoms with E-state index in [0.29, 0.717) is 11.3 Å². The number of nitrogens with one attached hydrogen (secondary N) is 1. The molecule has 6 rings (SSSR count). The molecule has 0 unspecified atom stereocenters. The summed E-state index contributed by atoms with van der Waals surface area (Å²) in [6.45, 7) is 9.39. The summed E-state index contributed by atoms with van der Waals surface area (Å²) in [7, 11) is -3.62. The molecule has 4 aromatic rings. The molecule has 1 N–H and O–H groups in total. The van der Waals surface area contributed by atoms with Crippen LogP contribution < -0.4 is 10.2 Å². The molecule has 4 atom stereocenters. The Bertz CT molecular complexity index is 1790. The van der Waals surface area contributed by atoms with Gasteiger partial charge in [0.1, 0.15) is 5.82 Å². The molecule has 43 heavy (non-hydrogen) atoms. The number of nitrogens with zero attached hydrogens (tertiary/aromatic N) is 4. The van der Waals surface area contributed by atoms with Gasteiger partial charge in [-0.25, -0.2) is 18.4 Å². The van der Waals surface area contributed by atoms with Gasteiger partial charge in [-0.1, -0.05) is 12.1 Å². The van der Waals surface area contributed by atoms with Crippen LogP contribution in [-0.2, 0) is 25.9 Å². The van der Waals surface area contributed by atoms with Crippen molar-refractivity contribution in [1.29, 1.82) is 0 Å². The van der Waals surface area contributed by atoms with Gasteiger partial charge in [0.25, 0.3) is 5.91 Å². The molecule has 2 aliphatic heterocycles. The third-order valence-corrected chi connectivity index (χ3v) is 10.1. The Kier molecular flexibility index (Phi) is 7.89. The lowest BCUT2D eigenvalue weighted by molar-refractivity contribution is -0.00545. The normalized spacial score (nSPS) is 23.4. The predicted molar refractivity (Wildman–Crippen MR) is 164 cm³/mol. The minimum atomic E-state index is -3.62. The molecule has 1 fully saturated rings. The largest absolute Gasteiger partial charge is 0.372 e. The molecule has 2 aliphatic rings. The van der Waals surface area contributed by atoms with Gasteiger partial charge in [0.2, 0.25) is 0 Å². The number of hydrogen-bond donors (Lipinski definition) is 1. The van der Waals surface area contributed by atoms with Crippen LogP contribution >= 0.6 is 0 Å². The second kappa shape index (κ2) is 11.6. The van der Waals surface area contributed by atoms with Crippen LogP contribution in [0, 0.1) is 0 Å². The van der Waals surface area contributed by atoms with Gasteiger partial charge in [-0.2, -0.15) is 0 Å². The van der Waals surface area contributed by atoms with Gasteiger partial charge >= 0.3 is 0 Å². The Labute approximate surface area is 251 Å². The van der Waals surface area contributed by atoms with Crippen LogP contribution in [-0.4, -0.2) is 66.4 Å². The number of benzene rings is 1.